The van der Waals surface area contributed by atoms with Crippen LogP contribution in [0, 0.1) is 5.92 Å². The Labute approximate surface area is 126 Å². The number of amides is 1. The van der Waals surface area contributed by atoms with E-state index in [0.717, 1.165) is 32.4 Å². The van der Waals surface area contributed by atoms with Crippen molar-refractivity contribution in [3.63, 3.8) is 0 Å². The molecule has 0 unspecified atom stereocenters. The Balaban J connectivity index is 1.46. The van der Waals surface area contributed by atoms with E-state index in [1.165, 1.54) is 37.7 Å². The first-order chi connectivity index (χ1) is 9.83. The molecule has 1 saturated carbocycles. The van der Waals surface area contributed by atoms with E-state index in [1.807, 2.05) is 0 Å². The molecule has 2 heterocycles. The Hall–Kier alpha value is -0.830. The molecule has 1 aliphatic carbocycles. The number of rotatable bonds is 3. The van der Waals surface area contributed by atoms with Gasteiger partial charge in [-0.2, -0.15) is 11.3 Å². The highest BCUT2D eigenvalue weighted by Crippen LogP contribution is 2.31. The Morgan fingerprint density at radius 2 is 1.90 bits per heavy atom. The summed E-state index contributed by atoms with van der Waals surface area (Å²) in [6, 6.07) is 2.24. The highest BCUT2D eigenvalue weighted by Gasteiger charge is 2.26. The average Bonchev–Trinajstić information content (AvgIpc) is 3.03. The van der Waals surface area contributed by atoms with Crippen LogP contribution < -0.4 is 0 Å². The van der Waals surface area contributed by atoms with Gasteiger partial charge >= 0.3 is 0 Å². The summed E-state index contributed by atoms with van der Waals surface area (Å²) in [5, 5.41) is 4.43. The molecule has 0 N–H and O–H groups in total. The van der Waals surface area contributed by atoms with E-state index in [2.05, 4.69) is 21.7 Å². The van der Waals surface area contributed by atoms with Gasteiger partial charge in [0, 0.05) is 19.5 Å². The second kappa shape index (κ2) is 6.75. The van der Waals surface area contributed by atoms with Crippen molar-refractivity contribution < 1.29 is 4.79 Å². The molecule has 2 fully saturated rings. The molecule has 3 rings (SSSR count). The summed E-state index contributed by atoms with van der Waals surface area (Å²) in [7, 11) is 0. The fourth-order valence-corrected chi connectivity index (χ4v) is 4.48. The first-order valence-corrected chi connectivity index (χ1v) is 9.07. The molecule has 0 aromatic carbocycles. The molecule has 0 atom stereocenters. The highest BCUT2D eigenvalue weighted by molar-refractivity contribution is 7.07. The van der Waals surface area contributed by atoms with Crippen LogP contribution in [-0.2, 0) is 4.79 Å². The number of carbonyl (C=O) groups is 1. The van der Waals surface area contributed by atoms with E-state index in [1.54, 1.807) is 11.3 Å². The SMILES string of the molecule is O=C(CC1CCCCC1)N1CCC(c2ccsc2)CC1. The summed E-state index contributed by atoms with van der Waals surface area (Å²) in [6.07, 6.45) is 9.69. The maximum Gasteiger partial charge on any atom is 0.222 e. The maximum absolute atomic E-state index is 12.4. The van der Waals surface area contributed by atoms with Gasteiger partial charge in [-0.1, -0.05) is 19.3 Å². The van der Waals surface area contributed by atoms with Gasteiger partial charge in [-0.15, -0.1) is 0 Å². The topological polar surface area (TPSA) is 20.3 Å². The van der Waals surface area contributed by atoms with E-state index < -0.39 is 0 Å². The van der Waals surface area contributed by atoms with Gasteiger partial charge in [0.25, 0.3) is 0 Å². The zero-order valence-electron chi connectivity index (χ0n) is 12.2. The molecule has 2 aliphatic rings. The van der Waals surface area contributed by atoms with Crippen LogP contribution in [0.1, 0.15) is 62.8 Å². The van der Waals surface area contributed by atoms with Crippen molar-refractivity contribution in [1.29, 1.82) is 0 Å². The van der Waals surface area contributed by atoms with Crippen LogP contribution in [0.15, 0.2) is 16.8 Å². The largest absolute Gasteiger partial charge is 0.343 e. The molecular weight excluding hydrogens is 266 g/mol. The van der Waals surface area contributed by atoms with Crippen molar-refractivity contribution in [2.75, 3.05) is 13.1 Å². The minimum absolute atomic E-state index is 0.417. The number of likely N-dealkylation sites (tertiary alicyclic amines) is 1. The highest BCUT2D eigenvalue weighted by atomic mass is 32.1. The fraction of sp³-hybridized carbons (Fsp3) is 0.706. The molecule has 3 heteroatoms. The molecule has 0 bridgehead atoms. The molecule has 1 aliphatic heterocycles. The standard InChI is InChI=1S/C17H25NOS/c19-17(12-14-4-2-1-3-5-14)18-9-6-15(7-10-18)16-8-11-20-13-16/h8,11,13-15H,1-7,9-10,12H2. The zero-order valence-corrected chi connectivity index (χ0v) is 13.0. The van der Waals surface area contributed by atoms with Crippen LogP contribution in [0.5, 0.6) is 0 Å². The summed E-state index contributed by atoms with van der Waals surface area (Å²) in [6.45, 7) is 1.93. The van der Waals surface area contributed by atoms with Crippen molar-refractivity contribution in [3.8, 4) is 0 Å². The second-order valence-corrected chi connectivity index (χ2v) is 7.20. The lowest BCUT2D eigenvalue weighted by Gasteiger charge is -2.33. The lowest BCUT2D eigenvalue weighted by molar-refractivity contribution is -0.133. The number of carbonyl (C=O) groups excluding carboxylic acids is 1. The van der Waals surface area contributed by atoms with Gasteiger partial charge in [-0.05, 0) is 59.9 Å². The molecule has 1 aromatic rings. The van der Waals surface area contributed by atoms with Crippen molar-refractivity contribution in [2.45, 2.75) is 57.3 Å². The van der Waals surface area contributed by atoms with E-state index in [0.29, 0.717) is 17.7 Å². The number of hydrogen-bond donors (Lipinski definition) is 0. The quantitative estimate of drug-likeness (QED) is 0.807. The number of hydrogen-bond acceptors (Lipinski definition) is 2. The van der Waals surface area contributed by atoms with Gasteiger partial charge in [-0.25, -0.2) is 0 Å². The molecule has 110 valence electrons. The number of nitrogens with zero attached hydrogens (tertiary/aromatic N) is 1. The average molecular weight is 291 g/mol. The third-order valence-electron chi connectivity index (χ3n) is 5.05. The van der Waals surface area contributed by atoms with E-state index >= 15 is 0 Å². The summed E-state index contributed by atoms with van der Waals surface area (Å²) < 4.78 is 0. The normalized spacial score (nSPS) is 22.1. The van der Waals surface area contributed by atoms with Crippen LogP contribution in [-0.4, -0.2) is 23.9 Å². The van der Waals surface area contributed by atoms with Crippen LogP contribution in [0.3, 0.4) is 0 Å². The molecule has 0 spiro atoms. The first kappa shape index (κ1) is 14.1. The summed E-state index contributed by atoms with van der Waals surface area (Å²) in [5.74, 6) is 1.77. The third kappa shape index (κ3) is 3.43. The van der Waals surface area contributed by atoms with Gasteiger partial charge in [0.05, 0.1) is 0 Å². The van der Waals surface area contributed by atoms with Gasteiger partial charge in [0.15, 0.2) is 0 Å². The van der Waals surface area contributed by atoms with Crippen molar-refractivity contribution >= 4 is 17.2 Å². The molecule has 20 heavy (non-hydrogen) atoms. The monoisotopic (exact) mass is 291 g/mol. The van der Waals surface area contributed by atoms with Crippen LogP contribution >= 0.6 is 11.3 Å². The van der Waals surface area contributed by atoms with E-state index in [-0.39, 0.29) is 0 Å². The summed E-state index contributed by atoms with van der Waals surface area (Å²) >= 11 is 1.78. The van der Waals surface area contributed by atoms with Gasteiger partial charge < -0.3 is 4.90 Å². The van der Waals surface area contributed by atoms with Gasteiger partial charge in [0.2, 0.25) is 5.91 Å². The van der Waals surface area contributed by atoms with Crippen molar-refractivity contribution in [3.05, 3.63) is 22.4 Å². The van der Waals surface area contributed by atoms with Crippen molar-refractivity contribution in [1.82, 2.24) is 4.90 Å². The lowest BCUT2D eigenvalue weighted by Crippen LogP contribution is -2.38. The van der Waals surface area contributed by atoms with E-state index in [4.69, 9.17) is 0 Å². The third-order valence-corrected chi connectivity index (χ3v) is 5.75. The predicted molar refractivity (Wildman–Crippen MR) is 84.1 cm³/mol. The summed E-state index contributed by atoms with van der Waals surface area (Å²) in [5.41, 5.74) is 1.48. The second-order valence-electron chi connectivity index (χ2n) is 6.42. The number of thiophene rings is 1. The molecule has 1 amide bonds. The molecule has 0 radical (unpaired) electrons. The maximum atomic E-state index is 12.4. The molecule has 1 aromatic heterocycles. The first-order valence-electron chi connectivity index (χ1n) is 8.13. The van der Waals surface area contributed by atoms with E-state index in [9.17, 15) is 4.79 Å². The summed E-state index contributed by atoms with van der Waals surface area (Å²) in [4.78, 5) is 14.5. The Kier molecular flexibility index (Phi) is 4.77. The number of piperidine rings is 1. The molecular formula is C17H25NOS. The Bertz CT molecular complexity index is 414. The van der Waals surface area contributed by atoms with Crippen LogP contribution in [0.25, 0.3) is 0 Å². The predicted octanol–water partition coefficient (Wildman–Crippen LogP) is 4.42. The van der Waals surface area contributed by atoms with Crippen LogP contribution in [0.2, 0.25) is 0 Å². The molecule has 2 nitrogen and oxygen atoms in total. The van der Waals surface area contributed by atoms with Gasteiger partial charge in [-0.3, -0.25) is 4.79 Å². The Morgan fingerprint density at radius 1 is 1.15 bits per heavy atom. The van der Waals surface area contributed by atoms with Gasteiger partial charge in [0.1, 0.15) is 0 Å². The Morgan fingerprint density at radius 3 is 2.55 bits per heavy atom. The fourth-order valence-electron chi connectivity index (χ4n) is 3.74. The van der Waals surface area contributed by atoms with Crippen LogP contribution in [0.4, 0.5) is 0 Å². The lowest BCUT2D eigenvalue weighted by atomic mass is 9.86. The smallest absolute Gasteiger partial charge is 0.222 e. The zero-order chi connectivity index (χ0) is 13.8. The minimum Gasteiger partial charge on any atom is -0.343 e. The van der Waals surface area contributed by atoms with Crippen molar-refractivity contribution in [2.24, 2.45) is 5.92 Å². The minimum atomic E-state index is 0.417. The molecule has 1 saturated heterocycles.